The van der Waals surface area contributed by atoms with E-state index >= 15 is 0 Å². The molecular formula is C15H24FNO2S. The van der Waals surface area contributed by atoms with E-state index in [-0.39, 0.29) is 17.5 Å². The summed E-state index contributed by atoms with van der Waals surface area (Å²) in [6.07, 6.45) is 2.53. The molecule has 0 fully saturated rings. The predicted molar refractivity (Wildman–Crippen MR) is 81.1 cm³/mol. The molecule has 20 heavy (non-hydrogen) atoms. The van der Waals surface area contributed by atoms with Gasteiger partial charge in [-0.25, -0.2) is 12.8 Å². The Labute approximate surface area is 121 Å². The van der Waals surface area contributed by atoms with Crippen molar-refractivity contribution in [2.75, 3.05) is 18.6 Å². The average Bonchev–Trinajstić information content (AvgIpc) is 2.31. The van der Waals surface area contributed by atoms with Crippen LogP contribution in [0, 0.1) is 11.7 Å². The second-order valence-corrected chi connectivity index (χ2v) is 7.94. The Morgan fingerprint density at radius 2 is 2.00 bits per heavy atom. The quantitative estimate of drug-likeness (QED) is 0.802. The fourth-order valence-corrected chi connectivity index (χ4v) is 2.82. The predicted octanol–water partition coefficient (Wildman–Crippen LogP) is 2.42. The number of rotatable bonds is 8. The van der Waals surface area contributed by atoms with Gasteiger partial charge >= 0.3 is 0 Å². The van der Waals surface area contributed by atoms with Gasteiger partial charge < -0.3 is 5.32 Å². The maximum absolute atomic E-state index is 13.2. The number of benzene rings is 1. The van der Waals surface area contributed by atoms with Gasteiger partial charge in [-0.2, -0.15) is 0 Å². The number of hydrogen-bond acceptors (Lipinski definition) is 3. The lowest BCUT2D eigenvalue weighted by Crippen LogP contribution is -2.31. The molecule has 1 aromatic carbocycles. The van der Waals surface area contributed by atoms with Crippen LogP contribution in [0.15, 0.2) is 24.3 Å². The van der Waals surface area contributed by atoms with Crippen LogP contribution < -0.4 is 5.32 Å². The van der Waals surface area contributed by atoms with E-state index in [1.165, 1.54) is 18.4 Å². The lowest BCUT2D eigenvalue weighted by molar-refractivity contribution is 0.434. The number of halogens is 1. The summed E-state index contributed by atoms with van der Waals surface area (Å²) < 4.78 is 35.8. The monoisotopic (exact) mass is 301 g/mol. The molecule has 0 saturated carbocycles. The van der Waals surface area contributed by atoms with Crippen molar-refractivity contribution in [3.8, 4) is 0 Å². The van der Waals surface area contributed by atoms with Crippen LogP contribution in [-0.2, 0) is 16.3 Å². The van der Waals surface area contributed by atoms with Crippen LogP contribution in [0.3, 0.4) is 0 Å². The molecule has 0 aliphatic rings. The van der Waals surface area contributed by atoms with Crippen molar-refractivity contribution >= 4 is 9.84 Å². The maximum atomic E-state index is 13.2. The Morgan fingerprint density at radius 1 is 1.30 bits per heavy atom. The van der Waals surface area contributed by atoms with Gasteiger partial charge in [0.05, 0.1) is 5.75 Å². The highest BCUT2D eigenvalue weighted by Gasteiger charge is 2.14. The minimum atomic E-state index is -2.96. The molecule has 1 unspecified atom stereocenters. The molecule has 5 heteroatoms. The van der Waals surface area contributed by atoms with E-state index in [1.54, 1.807) is 6.07 Å². The summed E-state index contributed by atoms with van der Waals surface area (Å²) in [6, 6.07) is 6.85. The van der Waals surface area contributed by atoms with Crippen molar-refractivity contribution in [3.05, 3.63) is 35.6 Å². The zero-order valence-electron chi connectivity index (χ0n) is 12.4. The third kappa shape index (κ3) is 7.60. The summed E-state index contributed by atoms with van der Waals surface area (Å²) in [5.41, 5.74) is 0.911. The first kappa shape index (κ1) is 17.1. The molecular weight excluding hydrogens is 277 g/mol. The van der Waals surface area contributed by atoms with Crippen LogP contribution in [0.4, 0.5) is 4.39 Å². The molecule has 0 aliphatic carbocycles. The lowest BCUT2D eigenvalue weighted by atomic mass is 9.96. The fourth-order valence-electron chi connectivity index (χ4n) is 2.06. The van der Waals surface area contributed by atoms with Gasteiger partial charge in [-0.15, -0.1) is 0 Å². The number of hydrogen-bond donors (Lipinski definition) is 1. The van der Waals surface area contributed by atoms with Crippen LogP contribution in [-0.4, -0.2) is 33.0 Å². The van der Waals surface area contributed by atoms with Crippen molar-refractivity contribution in [2.24, 2.45) is 5.92 Å². The van der Waals surface area contributed by atoms with Crippen molar-refractivity contribution in [1.29, 1.82) is 0 Å². The van der Waals surface area contributed by atoms with E-state index in [0.29, 0.717) is 18.9 Å². The highest BCUT2D eigenvalue weighted by atomic mass is 32.2. The zero-order chi connectivity index (χ0) is 15.2. The first-order chi connectivity index (χ1) is 9.26. The molecule has 3 nitrogen and oxygen atoms in total. The van der Waals surface area contributed by atoms with Crippen LogP contribution in [0.1, 0.15) is 25.8 Å². The van der Waals surface area contributed by atoms with Crippen LogP contribution >= 0.6 is 0 Å². The minimum absolute atomic E-state index is 0.173. The highest BCUT2D eigenvalue weighted by Crippen LogP contribution is 2.14. The summed E-state index contributed by atoms with van der Waals surface area (Å²) in [5.74, 6) is 0.113. The van der Waals surface area contributed by atoms with Gasteiger partial charge in [0, 0.05) is 12.3 Å². The number of sulfone groups is 1. The van der Waals surface area contributed by atoms with E-state index in [9.17, 15) is 12.8 Å². The van der Waals surface area contributed by atoms with E-state index in [4.69, 9.17) is 0 Å². The van der Waals surface area contributed by atoms with Crippen LogP contribution in [0.2, 0.25) is 0 Å². The Bertz CT molecular complexity index is 514. The molecule has 1 aromatic rings. The molecule has 114 valence electrons. The fraction of sp³-hybridized carbons (Fsp3) is 0.600. The summed E-state index contributed by atoms with van der Waals surface area (Å²) in [5, 5.41) is 3.33. The second-order valence-electron chi connectivity index (χ2n) is 5.68. The SMILES string of the molecule is CC(C)NCC(CCS(C)(=O)=O)Cc1cccc(F)c1. The van der Waals surface area contributed by atoms with Gasteiger partial charge in [0.1, 0.15) is 15.7 Å². The summed E-state index contributed by atoms with van der Waals surface area (Å²) in [6.45, 7) is 4.84. The van der Waals surface area contributed by atoms with Gasteiger partial charge in [0.25, 0.3) is 0 Å². The van der Waals surface area contributed by atoms with Crippen molar-refractivity contribution < 1.29 is 12.8 Å². The maximum Gasteiger partial charge on any atom is 0.147 e. The van der Waals surface area contributed by atoms with Crippen molar-refractivity contribution in [1.82, 2.24) is 5.32 Å². The third-order valence-corrected chi connectivity index (χ3v) is 4.10. The van der Waals surface area contributed by atoms with Gasteiger partial charge in [0.15, 0.2) is 0 Å². The van der Waals surface area contributed by atoms with E-state index in [2.05, 4.69) is 19.2 Å². The first-order valence-corrected chi connectivity index (χ1v) is 8.98. The molecule has 0 amide bonds. The first-order valence-electron chi connectivity index (χ1n) is 6.92. The van der Waals surface area contributed by atoms with Gasteiger partial charge in [-0.1, -0.05) is 26.0 Å². The Kier molecular flexibility index (Phi) is 6.62. The normalized spacial score (nSPS) is 13.7. The van der Waals surface area contributed by atoms with E-state index < -0.39 is 9.84 Å². The Morgan fingerprint density at radius 3 is 2.55 bits per heavy atom. The average molecular weight is 301 g/mol. The molecule has 1 N–H and O–H groups in total. The van der Waals surface area contributed by atoms with E-state index in [0.717, 1.165) is 12.1 Å². The van der Waals surface area contributed by atoms with Gasteiger partial charge in [-0.3, -0.25) is 0 Å². The Hall–Kier alpha value is -0.940. The molecule has 0 bridgehead atoms. The van der Waals surface area contributed by atoms with E-state index in [1.807, 2.05) is 6.07 Å². The molecule has 0 aliphatic heterocycles. The highest BCUT2D eigenvalue weighted by molar-refractivity contribution is 7.90. The second kappa shape index (κ2) is 7.74. The molecule has 1 atom stereocenters. The molecule has 0 saturated heterocycles. The minimum Gasteiger partial charge on any atom is -0.314 e. The van der Waals surface area contributed by atoms with Crippen molar-refractivity contribution in [3.63, 3.8) is 0 Å². The smallest absolute Gasteiger partial charge is 0.147 e. The third-order valence-electron chi connectivity index (χ3n) is 3.13. The number of nitrogens with one attached hydrogen (secondary N) is 1. The summed E-state index contributed by atoms with van der Waals surface area (Å²) in [7, 11) is -2.96. The lowest BCUT2D eigenvalue weighted by Gasteiger charge is -2.19. The molecule has 0 spiro atoms. The molecule has 0 heterocycles. The van der Waals surface area contributed by atoms with Crippen LogP contribution in [0.25, 0.3) is 0 Å². The Balaban J connectivity index is 2.66. The molecule has 0 aromatic heterocycles. The van der Waals surface area contributed by atoms with Crippen molar-refractivity contribution in [2.45, 2.75) is 32.7 Å². The molecule has 0 radical (unpaired) electrons. The van der Waals surface area contributed by atoms with Gasteiger partial charge in [0.2, 0.25) is 0 Å². The summed E-state index contributed by atoms with van der Waals surface area (Å²) >= 11 is 0. The molecule has 1 rings (SSSR count). The largest absolute Gasteiger partial charge is 0.314 e. The van der Waals surface area contributed by atoms with Gasteiger partial charge in [-0.05, 0) is 43.0 Å². The topological polar surface area (TPSA) is 46.2 Å². The standard InChI is InChI=1S/C15H24FNO2S/c1-12(2)17-11-14(7-8-20(3,18)19)9-13-5-4-6-15(16)10-13/h4-6,10,12,14,17H,7-9,11H2,1-3H3. The summed E-state index contributed by atoms with van der Waals surface area (Å²) in [4.78, 5) is 0. The van der Waals surface area contributed by atoms with Crippen LogP contribution in [0.5, 0.6) is 0 Å². The zero-order valence-corrected chi connectivity index (χ0v) is 13.2.